The van der Waals surface area contributed by atoms with Crippen molar-refractivity contribution in [1.82, 2.24) is 4.90 Å². The Bertz CT molecular complexity index is 245. The topological polar surface area (TPSA) is 57.6 Å². The van der Waals surface area contributed by atoms with Gasteiger partial charge in [0.25, 0.3) is 0 Å². The van der Waals surface area contributed by atoms with Gasteiger partial charge in [-0.1, -0.05) is 6.92 Å². The molecule has 0 radical (unpaired) electrons. The molecular weight excluding hydrogens is 206 g/mol. The van der Waals surface area contributed by atoms with E-state index < -0.39 is 5.97 Å². The molecule has 4 heteroatoms. The number of carboxylic acid groups (broad SMARTS) is 1. The molecule has 1 aliphatic rings. The van der Waals surface area contributed by atoms with Crippen LogP contribution in [0.2, 0.25) is 0 Å². The lowest BCUT2D eigenvalue weighted by Gasteiger charge is -2.30. The number of carbonyl (C=O) groups excluding carboxylic acids is 1. The molecule has 1 rings (SSSR count). The maximum absolute atomic E-state index is 11.7. The Morgan fingerprint density at radius 3 is 2.31 bits per heavy atom. The molecule has 0 aromatic rings. The van der Waals surface area contributed by atoms with Crippen LogP contribution in [-0.4, -0.2) is 35.0 Å². The first kappa shape index (κ1) is 13.0. The number of hydrogen-bond acceptors (Lipinski definition) is 2. The highest BCUT2D eigenvalue weighted by molar-refractivity contribution is 5.76. The van der Waals surface area contributed by atoms with Crippen molar-refractivity contribution in [3.8, 4) is 0 Å². The van der Waals surface area contributed by atoms with E-state index in [1.54, 1.807) is 0 Å². The molecule has 0 aliphatic carbocycles. The van der Waals surface area contributed by atoms with Crippen LogP contribution in [0.5, 0.6) is 0 Å². The van der Waals surface area contributed by atoms with Gasteiger partial charge in [-0.3, -0.25) is 9.59 Å². The standard InChI is InChI=1S/C12H21NO3/c1-10-6-8-13(9-7-10)11(14)4-2-3-5-12(15)16/h10H,2-9H2,1H3,(H,15,16). The molecule has 1 saturated heterocycles. The molecule has 1 fully saturated rings. The highest BCUT2D eigenvalue weighted by Gasteiger charge is 2.19. The maximum atomic E-state index is 11.7. The van der Waals surface area contributed by atoms with Gasteiger partial charge in [-0.15, -0.1) is 0 Å². The molecule has 1 aliphatic heterocycles. The average Bonchev–Trinajstić information content (AvgIpc) is 2.25. The Balaban J connectivity index is 2.12. The van der Waals surface area contributed by atoms with E-state index in [4.69, 9.17) is 5.11 Å². The molecular formula is C12H21NO3. The van der Waals surface area contributed by atoms with Crippen LogP contribution in [0, 0.1) is 5.92 Å². The van der Waals surface area contributed by atoms with Crippen molar-refractivity contribution in [3.05, 3.63) is 0 Å². The third-order valence-corrected chi connectivity index (χ3v) is 3.17. The van der Waals surface area contributed by atoms with Gasteiger partial charge in [0.15, 0.2) is 0 Å². The molecule has 0 saturated carbocycles. The molecule has 4 nitrogen and oxygen atoms in total. The molecule has 16 heavy (non-hydrogen) atoms. The van der Waals surface area contributed by atoms with Crippen LogP contribution < -0.4 is 0 Å². The summed E-state index contributed by atoms with van der Waals surface area (Å²) < 4.78 is 0. The number of carbonyl (C=O) groups is 2. The van der Waals surface area contributed by atoms with Gasteiger partial charge < -0.3 is 10.0 Å². The molecule has 0 atom stereocenters. The first-order valence-electron chi connectivity index (χ1n) is 6.09. The highest BCUT2D eigenvalue weighted by atomic mass is 16.4. The second-order valence-corrected chi connectivity index (χ2v) is 4.66. The highest BCUT2D eigenvalue weighted by Crippen LogP contribution is 2.17. The molecule has 0 aromatic heterocycles. The largest absolute Gasteiger partial charge is 0.481 e. The third kappa shape index (κ3) is 4.64. The Kier molecular flexibility index (Phi) is 5.29. The summed E-state index contributed by atoms with van der Waals surface area (Å²) in [7, 11) is 0. The Morgan fingerprint density at radius 1 is 1.19 bits per heavy atom. The summed E-state index contributed by atoms with van der Waals surface area (Å²) in [6.45, 7) is 3.96. The lowest BCUT2D eigenvalue weighted by Crippen LogP contribution is -2.37. The minimum absolute atomic E-state index is 0.171. The Hall–Kier alpha value is -1.06. The number of amides is 1. The van der Waals surface area contributed by atoms with Crippen LogP contribution in [0.3, 0.4) is 0 Å². The molecule has 0 aromatic carbocycles. The van der Waals surface area contributed by atoms with Crippen LogP contribution in [0.1, 0.15) is 45.4 Å². The average molecular weight is 227 g/mol. The molecule has 1 N–H and O–H groups in total. The molecule has 0 bridgehead atoms. The summed E-state index contributed by atoms with van der Waals surface area (Å²) in [6.07, 6.45) is 4.16. The lowest BCUT2D eigenvalue weighted by atomic mass is 9.99. The number of aliphatic carboxylic acids is 1. The van der Waals surface area contributed by atoms with Gasteiger partial charge in [-0.2, -0.15) is 0 Å². The van der Waals surface area contributed by atoms with Crippen LogP contribution in [0.4, 0.5) is 0 Å². The summed E-state index contributed by atoms with van der Waals surface area (Å²) in [5, 5.41) is 8.46. The van der Waals surface area contributed by atoms with Crippen LogP contribution in [-0.2, 0) is 9.59 Å². The van der Waals surface area contributed by atoms with Gasteiger partial charge in [0.1, 0.15) is 0 Å². The van der Waals surface area contributed by atoms with Crippen molar-refractivity contribution in [1.29, 1.82) is 0 Å². The van der Waals surface area contributed by atoms with E-state index in [0.717, 1.165) is 31.8 Å². The number of rotatable bonds is 5. The monoisotopic (exact) mass is 227 g/mol. The van der Waals surface area contributed by atoms with E-state index in [2.05, 4.69) is 6.92 Å². The second kappa shape index (κ2) is 6.51. The van der Waals surface area contributed by atoms with Gasteiger partial charge in [0, 0.05) is 25.9 Å². The van der Waals surface area contributed by atoms with Crippen molar-refractivity contribution in [3.63, 3.8) is 0 Å². The normalized spacial score (nSPS) is 17.4. The zero-order valence-electron chi connectivity index (χ0n) is 9.95. The third-order valence-electron chi connectivity index (χ3n) is 3.17. The molecule has 0 spiro atoms. The number of nitrogens with zero attached hydrogens (tertiary/aromatic N) is 1. The Morgan fingerprint density at radius 2 is 1.75 bits per heavy atom. The molecule has 92 valence electrons. The van der Waals surface area contributed by atoms with E-state index in [1.165, 1.54) is 0 Å². The van der Waals surface area contributed by atoms with Gasteiger partial charge in [0.05, 0.1) is 0 Å². The smallest absolute Gasteiger partial charge is 0.303 e. The minimum Gasteiger partial charge on any atom is -0.481 e. The fourth-order valence-corrected chi connectivity index (χ4v) is 1.97. The SMILES string of the molecule is CC1CCN(C(=O)CCCCC(=O)O)CC1. The van der Waals surface area contributed by atoms with Crippen molar-refractivity contribution < 1.29 is 14.7 Å². The van der Waals surface area contributed by atoms with Crippen LogP contribution >= 0.6 is 0 Å². The zero-order chi connectivity index (χ0) is 12.0. The quantitative estimate of drug-likeness (QED) is 0.730. The minimum atomic E-state index is -0.778. The number of unbranched alkanes of at least 4 members (excludes halogenated alkanes) is 1. The zero-order valence-corrected chi connectivity index (χ0v) is 9.95. The van der Waals surface area contributed by atoms with E-state index in [0.29, 0.717) is 19.3 Å². The van der Waals surface area contributed by atoms with Gasteiger partial charge in [0.2, 0.25) is 5.91 Å². The van der Waals surface area contributed by atoms with Gasteiger partial charge >= 0.3 is 5.97 Å². The predicted molar refractivity (Wildman–Crippen MR) is 61.1 cm³/mol. The van der Waals surface area contributed by atoms with E-state index in [1.807, 2.05) is 4.90 Å². The number of carboxylic acids is 1. The van der Waals surface area contributed by atoms with Crippen molar-refractivity contribution >= 4 is 11.9 Å². The second-order valence-electron chi connectivity index (χ2n) is 4.66. The van der Waals surface area contributed by atoms with E-state index in [9.17, 15) is 9.59 Å². The van der Waals surface area contributed by atoms with Gasteiger partial charge in [-0.05, 0) is 31.6 Å². The fraction of sp³-hybridized carbons (Fsp3) is 0.833. The number of likely N-dealkylation sites (tertiary alicyclic amines) is 1. The van der Waals surface area contributed by atoms with Crippen LogP contribution in [0.15, 0.2) is 0 Å². The molecule has 0 unspecified atom stereocenters. The van der Waals surface area contributed by atoms with Crippen molar-refractivity contribution in [2.75, 3.05) is 13.1 Å². The lowest BCUT2D eigenvalue weighted by molar-refractivity contribution is -0.137. The number of piperidine rings is 1. The summed E-state index contributed by atoms with van der Waals surface area (Å²) in [5.41, 5.74) is 0. The van der Waals surface area contributed by atoms with Crippen LogP contribution in [0.25, 0.3) is 0 Å². The molecule has 1 heterocycles. The Labute approximate surface area is 96.6 Å². The number of hydrogen-bond donors (Lipinski definition) is 1. The first-order chi connectivity index (χ1) is 7.59. The summed E-state index contributed by atoms with van der Waals surface area (Å²) in [6, 6.07) is 0. The molecule has 1 amide bonds. The first-order valence-corrected chi connectivity index (χ1v) is 6.09. The van der Waals surface area contributed by atoms with E-state index >= 15 is 0 Å². The maximum Gasteiger partial charge on any atom is 0.303 e. The summed E-state index contributed by atoms with van der Waals surface area (Å²) in [4.78, 5) is 23.9. The predicted octanol–water partition coefficient (Wildman–Crippen LogP) is 1.89. The van der Waals surface area contributed by atoms with Crippen molar-refractivity contribution in [2.24, 2.45) is 5.92 Å². The summed E-state index contributed by atoms with van der Waals surface area (Å²) in [5.74, 6) is 0.146. The van der Waals surface area contributed by atoms with Gasteiger partial charge in [-0.25, -0.2) is 0 Å². The fourth-order valence-electron chi connectivity index (χ4n) is 1.97. The van der Waals surface area contributed by atoms with E-state index in [-0.39, 0.29) is 12.3 Å². The summed E-state index contributed by atoms with van der Waals surface area (Å²) >= 11 is 0. The van der Waals surface area contributed by atoms with Crippen molar-refractivity contribution in [2.45, 2.75) is 45.4 Å².